The lowest BCUT2D eigenvalue weighted by atomic mass is 9.95. The molecule has 20 heavy (non-hydrogen) atoms. The Morgan fingerprint density at radius 3 is 2.30 bits per heavy atom. The van der Waals surface area contributed by atoms with Crippen molar-refractivity contribution in [3.05, 3.63) is 34.4 Å². The molecule has 0 aromatic heterocycles. The average molecular weight is 295 g/mol. The lowest BCUT2D eigenvalue weighted by Crippen LogP contribution is -2.25. The van der Waals surface area contributed by atoms with E-state index >= 15 is 0 Å². The summed E-state index contributed by atoms with van der Waals surface area (Å²) in [5, 5.41) is 13.1. The first-order valence-electron chi connectivity index (χ1n) is 7.53. The third-order valence-corrected chi connectivity index (χ3v) is 4.95. The molecule has 0 spiro atoms. The molecule has 0 saturated heterocycles. The van der Waals surface area contributed by atoms with E-state index in [4.69, 9.17) is 5.11 Å². The van der Waals surface area contributed by atoms with Gasteiger partial charge in [0, 0.05) is 23.7 Å². The molecule has 0 saturated carbocycles. The highest BCUT2D eigenvalue weighted by Crippen LogP contribution is 2.28. The van der Waals surface area contributed by atoms with Crippen molar-refractivity contribution >= 4 is 11.8 Å². The summed E-state index contributed by atoms with van der Waals surface area (Å²) in [6, 6.07) is 4.94. The molecule has 1 rings (SSSR count). The van der Waals surface area contributed by atoms with Crippen LogP contribution < -0.4 is 5.32 Å². The van der Waals surface area contributed by atoms with E-state index in [-0.39, 0.29) is 6.61 Å². The second-order valence-corrected chi connectivity index (χ2v) is 7.05. The van der Waals surface area contributed by atoms with Crippen molar-refractivity contribution in [1.82, 2.24) is 5.32 Å². The summed E-state index contributed by atoms with van der Waals surface area (Å²) in [5.41, 5.74) is 5.54. The molecule has 0 aliphatic rings. The predicted molar refractivity (Wildman–Crippen MR) is 90.7 cm³/mol. The molecule has 3 heteroatoms. The van der Waals surface area contributed by atoms with Gasteiger partial charge in [-0.05, 0) is 50.4 Å². The topological polar surface area (TPSA) is 32.3 Å². The van der Waals surface area contributed by atoms with Crippen LogP contribution in [0.4, 0.5) is 0 Å². The number of aliphatic hydroxyl groups excluding tert-OH is 1. The molecule has 1 aromatic rings. The molecule has 114 valence electrons. The fraction of sp³-hybridized carbons (Fsp3) is 0.647. The maximum atomic E-state index is 9.01. The Bertz CT molecular complexity index is 396. The number of hydrogen-bond acceptors (Lipinski definition) is 3. The number of aliphatic hydroxyl groups is 1. The Labute approximate surface area is 128 Å². The van der Waals surface area contributed by atoms with E-state index < -0.39 is 0 Å². The maximum Gasteiger partial charge on any atom is 0.0441 e. The zero-order valence-electron chi connectivity index (χ0n) is 13.5. The van der Waals surface area contributed by atoms with E-state index in [2.05, 4.69) is 52.1 Å². The summed E-state index contributed by atoms with van der Waals surface area (Å²) in [7, 11) is 0. The van der Waals surface area contributed by atoms with Crippen molar-refractivity contribution in [2.24, 2.45) is 0 Å². The lowest BCUT2D eigenvalue weighted by molar-refractivity contribution is 0.289. The number of hydrogen-bond donors (Lipinski definition) is 2. The smallest absolute Gasteiger partial charge is 0.0441 e. The Morgan fingerprint density at radius 1 is 1.20 bits per heavy atom. The van der Waals surface area contributed by atoms with E-state index in [1.54, 1.807) is 0 Å². The molecule has 0 radical (unpaired) electrons. The third kappa shape index (κ3) is 5.12. The summed E-state index contributed by atoms with van der Waals surface area (Å²) in [5.74, 6) is 1.06. The van der Waals surface area contributed by atoms with Gasteiger partial charge < -0.3 is 10.4 Å². The molecule has 0 aliphatic carbocycles. The van der Waals surface area contributed by atoms with Gasteiger partial charge in [0.15, 0.2) is 0 Å². The van der Waals surface area contributed by atoms with Crippen molar-refractivity contribution in [2.45, 2.75) is 52.3 Å². The second kappa shape index (κ2) is 8.71. The molecular formula is C17H29NOS. The summed E-state index contributed by atoms with van der Waals surface area (Å²) < 4.78 is 0. The van der Waals surface area contributed by atoms with E-state index in [1.807, 2.05) is 11.8 Å². The molecule has 0 aliphatic heterocycles. The van der Waals surface area contributed by atoms with Gasteiger partial charge in [-0.15, -0.1) is 0 Å². The molecule has 0 fully saturated rings. The van der Waals surface area contributed by atoms with E-state index in [0.717, 1.165) is 18.7 Å². The van der Waals surface area contributed by atoms with Gasteiger partial charge in [0.2, 0.25) is 0 Å². The highest BCUT2D eigenvalue weighted by Gasteiger charge is 2.17. The van der Waals surface area contributed by atoms with Crippen molar-refractivity contribution < 1.29 is 5.11 Å². The summed E-state index contributed by atoms with van der Waals surface area (Å²) in [6.07, 6.45) is 0.870. The van der Waals surface area contributed by atoms with Crippen LogP contribution in [0.1, 0.15) is 48.6 Å². The van der Waals surface area contributed by atoms with Gasteiger partial charge in [-0.2, -0.15) is 11.8 Å². The minimum Gasteiger partial charge on any atom is -0.396 e. The normalized spacial score (nSPS) is 14.3. The standard InChI is InChI=1S/C17H29NOS/c1-6-18-16(11-20-15(5)7-8-19)17-13(3)9-12(2)10-14(17)4/h9-10,15-16,18-19H,6-8,11H2,1-5H3. The molecular weight excluding hydrogens is 266 g/mol. The second-order valence-electron chi connectivity index (χ2n) is 5.58. The Hall–Kier alpha value is -0.510. The molecule has 1 aromatic carbocycles. The quantitative estimate of drug-likeness (QED) is 0.766. The van der Waals surface area contributed by atoms with Gasteiger partial charge in [0.05, 0.1) is 0 Å². The zero-order chi connectivity index (χ0) is 15.1. The van der Waals surface area contributed by atoms with Gasteiger partial charge >= 0.3 is 0 Å². The van der Waals surface area contributed by atoms with Crippen molar-refractivity contribution in [3.8, 4) is 0 Å². The Kier molecular flexibility index (Phi) is 7.63. The number of aryl methyl sites for hydroxylation is 3. The molecule has 2 unspecified atom stereocenters. The van der Waals surface area contributed by atoms with Crippen LogP contribution >= 0.6 is 11.8 Å². The van der Waals surface area contributed by atoms with E-state index in [9.17, 15) is 0 Å². The van der Waals surface area contributed by atoms with E-state index in [1.165, 1.54) is 22.3 Å². The zero-order valence-corrected chi connectivity index (χ0v) is 14.3. The predicted octanol–water partition coefficient (Wildman–Crippen LogP) is 3.77. The fourth-order valence-electron chi connectivity index (χ4n) is 2.76. The van der Waals surface area contributed by atoms with Gasteiger partial charge in [-0.1, -0.05) is 31.5 Å². The molecule has 0 bridgehead atoms. The molecule has 2 nitrogen and oxygen atoms in total. The first-order valence-corrected chi connectivity index (χ1v) is 8.58. The lowest BCUT2D eigenvalue weighted by Gasteiger charge is -2.24. The highest BCUT2D eigenvalue weighted by atomic mass is 32.2. The van der Waals surface area contributed by atoms with Crippen LogP contribution in [0, 0.1) is 20.8 Å². The number of thioether (sulfide) groups is 1. The largest absolute Gasteiger partial charge is 0.396 e. The first kappa shape index (κ1) is 17.5. The fourth-order valence-corrected chi connectivity index (χ4v) is 3.83. The van der Waals surface area contributed by atoms with Gasteiger partial charge in [-0.3, -0.25) is 0 Å². The van der Waals surface area contributed by atoms with Crippen LogP contribution in [-0.4, -0.2) is 29.3 Å². The molecule has 0 amide bonds. The maximum absolute atomic E-state index is 9.01. The molecule has 0 heterocycles. The summed E-state index contributed by atoms with van der Waals surface area (Å²) >= 11 is 1.94. The minimum atomic E-state index is 0.280. The number of rotatable bonds is 8. The number of nitrogens with one attached hydrogen (secondary N) is 1. The van der Waals surface area contributed by atoms with Gasteiger partial charge in [-0.25, -0.2) is 0 Å². The van der Waals surface area contributed by atoms with Crippen molar-refractivity contribution in [3.63, 3.8) is 0 Å². The molecule has 2 atom stereocenters. The van der Waals surface area contributed by atoms with Gasteiger partial charge in [0.1, 0.15) is 0 Å². The van der Waals surface area contributed by atoms with E-state index in [0.29, 0.717) is 11.3 Å². The Balaban J connectivity index is 2.85. The SMILES string of the molecule is CCNC(CSC(C)CCO)c1c(C)cc(C)cc1C. The van der Waals surface area contributed by atoms with Crippen LogP contribution in [0.15, 0.2) is 12.1 Å². The van der Waals surface area contributed by atoms with Crippen molar-refractivity contribution in [2.75, 3.05) is 18.9 Å². The van der Waals surface area contributed by atoms with Crippen LogP contribution in [0.5, 0.6) is 0 Å². The number of benzene rings is 1. The first-order chi connectivity index (χ1) is 9.49. The van der Waals surface area contributed by atoms with Crippen LogP contribution in [-0.2, 0) is 0 Å². The monoisotopic (exact) mass is 295 g/mol. The third-order valence-electron chi connectivity index (χ3n) is 3.62. The molecule has 2 N–H and O–H groups in total. The highest BCUT2D eigenvalue weighted by molar-refractivity contribution is 7.99. The van der Waals surface area contributed by atoms with Crippen LogP contribution in [0.3, 0.4) is 0 Å². The minimum absolute atomic E-state index is 0.280. The van der Waals surface area contributed by atoms with Crippen LogP contribution in [0.2, 0.25) is 0 Å². The summed E-state index contributed by atoms with van der Waals surface area (Å²) in [6.45, 7) is 12.2. The Morgan fingerprint density at radius 2 is 1.80 bits per heavy atom. The summed E-state index contributed by atoms with van der Waals surface area (Å²) in [4.78, 5) is 0. The average Bonchev–Trinajstić information content (AvgIpc) is 2.35. The van der Waals surface area contributed by atoms with Gasteiger partial charge in [0.25, 0.3) is 0 Å². The van der Waals surface area contributed by atoms with Crippen LogP contribution in [0.25, 0.3) is 0 Å². The van der Waals surface area contributed by atoms with Crippen molar-refractivity contribution in [1.29, 1.82) is 0 Å².